The zero-order chi connectivity index (χ0) is 20.7. The molecule has 1 amide bonds. The first-order chi connectivity index (χ1) is 14.6. The topological polar surface area (TPSA) is 94.0 Å². The number of ether oxygens (including phenoxy) is 1. The molecule has 154 valence electrons. The van der Waals surface area contributed by atoms with Gasteiger partial charge in [-0.15, -0.1) is 0 Å². The van der Waals surface area contributed by atoms with Gasteiger partial charge in [-0.3, -0.25) is 4.79 Å². The van der Waals surface area contributed by atoms with Crippen molar-refractivity contribution in [3.8, 4) is 6.07 Å². The SMILES string of the molecule is Cc1cc(C#N)c2cc(C(=O)N3CCc4nc(NCC5CCOC5)sc4C3)[nH]c2c1. The normalized spacial score (nSPS) is 18.4. The first-order valence-corrected chi connectivity index (χ1v) is 11.1. The van der Waals surface area contributed by atoms with Crippen LogP contribution in [0.5, 0.6) is 0 Å². The van der Waals surface area contributed by atoms with E-state index in [0.717, 1.165) is 64.8 Å². The summed E-state index contributed by atoms with van der Waals surface area (Å²) in [5.41, 5.74) is 4.03. The van der Waals surface area contributed by atoms with Crippen LogP contribution in [0.2, 0.25) is 0 Å². The van der Waals surface area contributed by atoms with Crippen molar-refractivity contribution in [2.24, 2.45) is 5.92 Å². The first-order valence-electron chi connectivity index (χ1n) is 10.2. The molecule has 1 saturated heterocycles. The van der Waals surface area contributed by atoms with E-state index >= 15 is 0 Å². The van der Waals surface area contributed by atoms with Crippen molar-refractivity contribution >= 4 is 33.3 Å². The minimum atomic E-state index is -0.0376. The molecule has 5 rings (SSSR count). The van der Waals surface area contributed by atoms with E-state index in [4.69, 9.17) is 9.72 Å². The van der Waals surface area contributed by atoms with Gasteiger partial charge in [0.25, 0.3) is 5.91 Å². The number of H-pyrrole nitrogens is 1. The number of hydrogen-bond donors (Lipinski definition) is 2. The summed E-state index contributed by atoms with van der Waals surface area (Å²) in [5, 5.41) is 14.6. The zero-order valence-corrected chi connectivity index (χ0v) is 17.6. The van der Waals surface area contributed by atoms with Gasteiger partial charge in [0.1, 0.15) is 5.69 Å². The Hall–Kier alpha value is -2.89. The number of aryl methyl sites for hydroxylation is 1. The van der Waals surface area contributed by atoms with Gasteiger partial charge in [-0.25, -0.2) is 4.98 Å². The van der Waals surface area contributed by atoms with Gasteiger partial charge in [0.05, 0.1) is 30.5 Å². The summed E-state index contributed by atoms with van der Waals surface area (Å²) in [5.74, 6) is 0.511. The van der Waals surface area contributed by atoms with Crippen LogP contribution < -0.4 is 5.32 Å². The Morgan fingerprint density at radius 3 is 3.17 bits per heavy atom. The summed E-state index contributed by atoms with van der Waals surface area (Å²) in [6, 6.07) is 7.84. The van der Waals surface area contributed by atoms with Crippen molar-refractivity contribution in [3.05, 3.63) is 45.6 Å². The molecule has 2 aliphatic heterocycles. The van der Waals surface area contributed by atoms with E-state index in [-0.39, 0.29) is 5.91 Å². The molecular formula is C22H23N5O2S. The van der Waals surface area contributed by atoms with Gasteiger partial charge in [-0.1, -0.05) is 11.3 Å². The van der Waals surface area contributed by atoms with Crippen molar-refractivity contribution in [2.75, 3.05) is 31.6 Å². The lowest BCUT2D eigenvalue weighted by Gasteiger charge is -2.25. The van der Waals surface area contributed by atoms with Crippen LogP contribution in [0.4, 0.5) is 5.13 Å². The monoisotopic (exact) mass is 421 g/mol. The second-order valence-electron chi connectivity index (χ2n) is 8.04. The number of anilines is 1. The lowest BCUT2D eigenvalue weighted by molar-refractivity contribution is 0.0731. The summed E-state index contributed by atoms with van der Waals surface area (Å²) in [7, 11) is 0. The van der Waals surface area contributed by atoms with Gasteiger partial charge in [0.2, 0.25) is 0 Å². The lowest BCUT2D eigenvalue weighted by atomic mass is 10.1. The zero-order valence-electron chi connectivity index (χ0n) is 16.8. The highest BCUT2D eigenvalue weighted by molar-refractivity contribution is 7.15. The van der Waals surface area contributed by atoms with E-state index < -0.39 is 0 Å². The molecular weight excluding hydrogens is 398 g/mol. The molecule has 8 heteroatoms. The van der Waals surface area contributed by atoms with Crippen LogP contribution in [0.25, 0.3) is 10.9 Å². The van der Waals surface area contributed by atoms with Gasteiger partial charge in [0.15, 0.2) is 5.13 Å². The third-order valence-corrected chi connectivity index (χ3v) is 6.86. The molecule has 30 heavy (non-hydrogen) atoms. The third kappa shape index (κ3) is 3.55. The number of carbonyl (C=O) groups excluding carboxylic acids is 1. The van der Waals surface area contributed by atoms with Crippen molar-refractivity contribution in [3.63, 3.8) is 0 Å². The third-order valence-electron chi connectivity index (χ3n) is 5.82. The molecule has 7 nitrogen and oxygen atoms in total. The Kier molecular flexibility index (Phi) is 4.93. The standard InChI is InChI=1S/C22H23N5O2S/c1-13-6-15(9-23)16-8-19(25-18(16)7-13)21(28)27-4-2-17-20(11-27)30-22(26-17)24-10-14-3-5-29-12-14/h6-8,14,25H,2-5,10-12H2,1H3,(H,24,26). The fraction of sp³-hybridized carbons (Fsp3) is 0.409. The molecule has 2 aliphatic rings. The maximum absolute atomic E-state index is 13.1. The fourth-order valence-electron chi connectivity index (χ4n) is 4.18. The van der Waals surface area contributed by atoms with Crippen LogP contribution in [-0.2, 0) is 17.7 Å². The minimum absolute atomic E-state index is 0.0376. The number of benzene rings is 1. The lowest BCUT2D eigenvalue weighted by Crippen LogP contribution is -2.35. The molecule has 2 aromatic heterocycles. The minimum Gasteiger partial charge on any atom is -0.381 e. The highest BCUT2D eigenvalue weighted by Gasteiger charge is 2.26. The number of carbonyl (C=O) groups is 1. The number of fused-ring (bicyclic) bond motifs is 2. The molecule has 0 radical (unpaired) electrons. The van der Waals surface area contributed by atoms with Crippen molar-refractivity contribution in [2.45, 2.75) is 26.3 Å². The van der Waals surface area contributed by atoms with Crippen molar-refractivity contribution in [1.29, 1.82) is 5.26 Å². The number of aromatic amines is 1. The quantitative estimate of drug-likeness (QED) is 0.673. The van der Waals surface area contributed by atoms with Crippen LogP contribution in [0.15, 0.2) is 18.2 Å². The predicted molar refractivity (Wildman–Crippen MR) is 116 cm³/mol. The Balaban J connectivity index is 1.31. The number of nitrogens with zero attached hydrogens (tertiary/aromatic N) is 3. The van der Waals surface area contributed by atoms with Gasteiger partial charge in [0, 0.05) is 47.8 Å². The van der Waals surface area contributed by atoms with Gasteiger partial charge >= 0.3 is 0 Å². The molecule has 0 spiro atoms. The van der Waals surface area contributed by atoms with E-state index in [9.17, 15) is 10.1 Å². The number of hydrogen-bond acceptors (Lipinski definition) is 6. The van der Waals surface area contributed by atoms with Crippen LogP contribution in [-0.4, -0.2) is 47.1 Å². The summed E-state index contributed by atoms with van der Waals surface area (Å²) >= 11 is 1.64. The summed E-state index contributed by atoms with van der Waals surface area (Å²) in [4.78, 5) is 24.1. The second kappa shape index (κ2) is 7.74. The van der Waals surface area contributed by atoms with Gasteiger partial charge in [-0.2, -0.15) is 5.26 Å². The number of aromatic nitrogens is 2. The van der Waals surface area contributed by atoms with Crippen LogP contribution >= 0.6 is 11.3 Å². The largest absolute Gasteiger partial charge is 0.381 e. The average Bonchev–Trinajstić information content (AvgIpc) is 3.49. The highest BCUT2D eigenvalue weighted by Crippen LogP contribution is 2.30. The Labute approximate surface area is 178 Å². The number of rotatable bonds is 4. The van der Waals surface area contributed by atoms with Gasteiger partial charge < -0.3 is 19.9 Å². The number of nitriles is 1. The van der Waals surface area contributed by atoms with Crippen molar-refractivity contribution < 1.29 is 9.53 Å². The van der Waals surface area contributed by atoms with E-state index in [2.05, 4.69) is 16.4 Å². The molecule has 0 saturated carbocycles. The predicted octanol–water partition coefficient (Wildman–Crippen LogP) is 3.45. The van der Waals surface area contributed by atoms with E-state index in [1.165, 1.54) is 0 Å². The summed E-state index contributed by atoms with van der Waals surface area (Å²) in [6.45, 7) is 5.71. The Morgan fingerprint density at radius 2 is 2.37 bits per heavy atom. The average molecular weight is 422 g/mol. The molecule has 1 fully saturated rings. The molecule has 1 atom stereocenters. The first kappa shape index (κ1) is 19.1. The molecule has 3 aromatic rings. The van der Waals surface area contributed by atoms with Crippen molar-refractivity contribution in [1.82, 2.24) is 14.9 Å². The fourth-order valence-corrected chi connectivity index (χ4v) is 5.21. The highest BCUT2D eigenvalue weighted by atomic mass is 32.1. The number of thiazole rings is 1. The van der Waals surface area contributed by atoms with Gasteiger partial charge in [-0.05, 0) is 37.1 Å². The van der Waals surface area contributed by atoms with E-state index in [1.54, 1.807) is 17.4 Å². The molecule has 0 aliphatic carbocycles. The number of nitrogens with one attached hydrogen (secondary N) is 2. The van der Waals surface area contributed by atoms with E-state index in [1.807, 2.05) is 24.0 Å². The maximum atomic E-state index is 13.1. The summed E-state index contributed by atoms with van der Waals surface area (Å²) in [6.07, 6.45) is 1.85. The van der Waals surface area contributed by atoms with E-state index in [0.29, 0.717) is 30.3 Å². The molecule has 1 aromatic carbocycles. The molecule has 1 unspecified atom stereocenters. The smallest absolute Gasteiger partial charge is 0.270 e. The maximum Gasteiger partial charge on any atom is 0.270 e. The molecule has 4 heterocycles. The van der Waals surface area contributed by atoms with Crippen LogP contribution in [0, 0.1) is 24.2 Å². The van der Waals surface area contributed by atoms with Crippen LogP contribution in [0.3, 0.4) is 0 Å². The Morgan fingerprint density at radius 1 is 1.47 bits per heavy atom. The Bertz CT molecular complexity index is 1150. The van der Waals surface area contributed by atoms with Crippen LogP contribution in [0.1, 0.15) is 38.6 Å². The summed E-state index contributed by atoms with van der Waals surface area (Å²) < 4.78 is 5.43. The molecule has 2 N–H and O–H groups in total. The molecule has 0 bridgehead atoms. The second-order valence-corrected chi connectivity index (χ2v) is 9.13. The number of amides is 1.